The lowest BCUT2D eigenvalue weighted by Gasteiger charge is -2.20. The monoisotopic (exact) mass is 1050 g/mol. The topological polar surface area (TPSA) is 95.9 Å². The summed E-state index contributed by atoms with van der Waals surface area (Å²) in [5, 5.41) is 23.2. The Morgan fingerprint density at radius 1 is 0.360 bits per heavy atom. The molecule has 0 aromatic carbocycles. The minimum atomic E-state index is -0.846. The zero-order valence-corrected chi connectivity index (χ0v) is 50.5. The molecule has 1 amide bonds. The van der Waals surface area contributed by atoms with Gasteiger partial charge in [0.05, 0.1) is 25.4 Å². The maximum Gasteiger partial charge on any atom is 0.305 e. The molecule has 0 saturated heterocycles. The molecule has 0 radical (unpaired) electrons. The summed E-state index contributed by atoms with van der Waals surface area (Å²) in [6.07, 6.45) is 82.1. The first kappa shape index (κ1) is 73.1. The number of hydrogen-bond acceptors (Lipinski definition) is 5. The third kappa shape index (κ3) is 61.2. The van der Waals surface area contributed by atoms with Gasteiger partial charge in [-0.15, -0.1) is 0 Å². The smallest absolute Gasteiger partial charge is 0.305 e. The summed E-state index contributed by atoms with van der Waals surface area (Å²) in [5.41, 5.74) is 0. The molecule has 0 aliphatic carbocycles. The van der Waals surface area contributed by atoms with Crippen LogP contribution in [0.3, 0.4) is 0 Å². The molecule has 0 rings (SSSR count). The molecule has 0 aromatic heterocycles. The van der Waals surface area contributed by atoms with E-state index in [9.17, 15) is 19.8 Å². The number of hydrogen-bond donors (Lipinski definition) is 3. The van der Waals surface area contributed by atoms with E-state index in [0.29, 0.717) is 19.4 Å². The van der Waals surface area contributed by atoms with Crippen LogP contribution in [0, 0.1) is 0 Å². The third-order valence-electron chi connectivity index (χ3n) is 15.6. The first-order valence-electron chi connectivity index (χ1n) is 33.8. The molecule has 0 bridgehead atoms. The van der Waals surface area contributed by atoms with E-state index >= 15 is 0 Å². The normalized spacial score (nSPS) is 12.7. The maximum absolute atomic E-state index is 12.5. The summed E-state index contributed by atoms with van der Waals surface area (Å²) >= 11 is 0. The summed E-state index contributed by atoms with van der Waals surface area (Å²) in [5.74, 6) is -0.0612. The van der Waals surface area contributed by atoms with Gasteiger partial charge in [0.1, 0.15) is 0 Å². The average molecular weight is 1050 g/mol. The van der Waals surface area contributed by atoms with E-state index in [1.165, 1.54) is 295 Å². The van der Waals surface area contributed by atoms with Crippen LogP contribution in [0.1, 0.15) is 367 Å². The molecule has 0 aliphatic heterocycles. The quantitative estimate of drug-likeness (QED) is 0.0320. The number of aliphatic hydroxyl groups excluding tert-OH is 2. The van der Waals surface area contributed by atoms with Crippen LogP contribution in [0.4, 0.5) is 0 Å². The number of unbranched alkanes of at least 4 members (excludes halogenated alkanes) is 48. The minimum Gasteiger partial charge on any atom is -0.466 e. The molecule has 0 saturated carbocycles. The molecule has 2 unspecified atom stereocenters. The van der Waals surface area contributed by atoms with Crippen LogP contribution < -0.4 is 5.32 Å². The average Bonchev–Trinajstić information content (AvgIpc) is 3.41. The first-order valence-corrected chi connectivity index (χ1v) is 33.8. The molecule has 6 nitrogen and oxygen atoms in total. The van der Waals surface area contributed by atoms with E-state index in [-0.39, 0.29) is 18.5 Å². The highest BCUT2D eigenvalue weighted by Gasteiger charge is 2.18. The Bertz CT molecular complexity index is 1210. The van der Waals surface area contributed by atoms with Crippen LogP contribution in [0.15, 0.2) is 36.5 Å². The highest BCUT2D eigenvalue weighted by atomic mass is 16.5. The van der Waals surface area contributed by atoms with E-state index in [2.05, 4.69) is 43.5 Å². The van der Waals surface area contributed by atoms with Gasteiger partial charge in [0, 0.05) is 12.8 Å². The minimum absolute atomic E-state index is 0.00478. The predicted octanol–water partition coefficient (Wildman–Crippen LogP) is 21.5. The Morgan fingerprint density at radius 3 is 0.973 bits per heavy atom. The van der Waals surface area contributed by atoms with Crippen LogP contribution in [0.25, 0.3) is 0 Å². The van der Waals surface area contributed by atoms with Gasteiger partial charge in [-0.05, 0) is 83.5 Å². The molecule has 0 aromatic rings. The van der Waals surface area contributed by atoms with Gasteiger partial charge in [-0.25, -0.2) is 0 Å². The standard InChI is InChI=1S/C69H131NO5/c1-3-5-7-9-11-13-15-17-18-19-29-32-35-38-41-45-49-53-57-61-67(72)66(65-71)70-68(73)62-58-54-50-46-42-39-36-33-30-27-25-23-21-20-22-24-26-28-31-34-37-40-44-48-52-56-60-64-75-69(74)63-59-55-51-47-43-16-14-12-10-8-6-4-2/h12,14,20-21,57,61,66-67,71-72H,3-11,13,15-19,22-56,58-60,62-65H2,1-2H3,(H,70,73)/b14-12-,21-20-,61-57+. The number of rotatable bonds is 63. The number of carbonyl (C=O) groups excluding carboxylic acids is 2. The van der Waals surface area contributed by atoms with Gasteiger partial charge in [-0.3, -0.25) is 9.59 Å². The molecule has 0 fully saturated rings. The van der Waals surface area contributed by atoms with E-state index < -0.39 is 12.1 Å². The van der Waals surface area contributed by atoms with E-state index in [1.807, 2.05) is 6.08 Å². The molecule has 3 N–H and O–H groups in total. The molecular weight excluding hydrogens is 923 g/mol. The molecule has 0 aliphatic rings. The number of amides is 1. The van der Waals surface area contributed by atoms with Gasteiger partial charge in [-0.1, -0.05) is 307 Å². The summed E-state index contributed by atoms with van der Waals surface area (Å²) in [6.45, 7) is 4.90. The Hall–Kier alpha value is -1.92. The zero-order valence-electron chi connectivity index (χ0n) is 50.5. The second kappa shape index (κ2) is 64.6. The molecule has 2 atom stereocenters. The summed E-state index contributed by atoms with van der Waals surface area (Å²) in [4.78, 5) is 24.5. The van der Waals surface area contributed by atoms with Crippen LogP contribution >= 0.6 is 0 Å². The van der Waals surface area contributed by atoms with Crippen molar-refractivity contribution in [3.8, 4) is 0 Å². The number of allylic oxidation sites excluding steroid dienone is 5. The summed E-state index contributed by atoms with van der Waals surface area (Å²) in [7, 11) is 0. The second-order valence-electron chi connectivity index (χ2n) is 23.1. The molecular formula is C69H131NO5. The Kier molecular flexibility index (Phi) is 63.0. The summed E-state index contributed by atoms with van der Waals surface area (Å²) in [6, 6.07) is -0.629. The highest BCUT2D eigenvalue weighted by molar-refractivity contribution is 5.76. The molecule has 0 spiro atoms. The number of esters is 1. The van der Waals surface area contributed by atoms with E-state index in [0.717, 1.165) is 44.9 Å². The van der Waals surface area contributed by atoms with Gasteiger partial charge in [0.15, 0.2) is 0 Å². The number of aliphatic hydroxyl groups is 2. The van der Waals surface area contributed by atoms with Crippen LogP contribution in [-0.2, 0) is 14.3 Å². The largest absolute Gasteiger partial charge is 0.466 e. The van der Waals surface area contributed by atoms with E-state index in [1.54, 1.807) is 6.08 Å². The van der Waals surface area contributed by atoms with Crippen LogP contribution in [0.5, 0.6) is 0 Å². The third-order valence-corrected chi connectivity index (χ3v) is 15.6. The van der Waals surface area contributed by atoms with Crippen LogP contribution in [-0.4, -0.2) is 47.4 Å². The Balaban J connectivity index is 3.42. The SMILES string of the molecule is CCCCC/C=C\CCCCCCCC(=O)OCCCCCCCCCCCCCC/C=C\CCCCCCCCCCCCCC(=O)NC(CO)C(O)/C=C/CCCCCCCCCCCCCCCCCCC. The number of carbonyl (C=O) groups is 2. The predicted molar refractivity (Wildman–Crippen MR) is 329 cm³/mol. The zero-order chi connectivity index (χ0) is 54.3. The molecule has 6 heteroatoms. The van der Waals surface area contributed by atoms with Gasteiger partial charge >= 0.3 is 5.97 Å². The molecule has 75 heavy (non-hydrogen) atoms. The second-order valence-corrected chi connectivity index (χ2v) is 23.1. The lowest BCUT2D eigenvalue weighted by molar-refractivity contribution is -0.143. The van der Waals surface area contributed by atoms with Crippen molar-refractivity contribution < 1.29 is 24.5 Å². The molecule has 0 heterocycles. The number of nitrogens with one attached hydrogen (secondary N) is 1. The van der Waals surface area contributed by atoms with Gasteiger partial charge in [-0.2, -0.15) is 0 Å². The van der Waals surface area contributed by atoms with Crippen molar-refractivity contribution in [3.05, 3.63) is 36.5 Å². The van der Waals surface area contributed by atoms with Crippen molar-refractivity contribution in [3.63, 3.8) is 0 Å². The fourth-order valence-corrected chi connectivity index (χ4v) is 10.4. The maximum atomic E-state index is 12.5. The molecule has 442 valence electrons. The lowest BCUT2D eigenvalue weighted by atomic mass is 10.0. The lowest BCUT2D eigenvalue weighted by Crippen LogP contribution is -2.45. The van der Waals surface area contributed by atoms with Crippen LogP contribution in [0.2, 0.25) is 0 Å². The fourth-order valence-electron chi connectivity index (χ4n) is 10.4. The van der Waals surface area contributed by atoms with Crippen molar-refractivity contribution >= 4 is 11.9 Å². The Morgan fingerprint density at radius 2 is 0.627 bits per heavy atom. The van der Waals surface area contributed by atoms with Crippen molar-refractivity contribution in [2.45, 2.75) is 379 Å². The van der Waals surface area contributed by atoms with Gasteiger partial charge < -0.3 is 20.3 Å². The van der Waals surface area contributed by atoms with Crippen molar-refractivity contribution in [1.29, 1.82) is 0 Å². The summed E-state index contributed by atoms with van der Waals surface area (Å²) < 4.78 is 5.47. The van der Waals surface area contributed by atoms with Crippen molar-refractivity contribution in [1.82, 2.24) is 5.32 Å². The van der Waals surface area contributed by atoms with E-state index in [4.69, 9.17) is 4.74 Å². The van der Waals surface area contributed by atoms with Gasteiger partial charge in [0.25, 0.3) is 0 Å². The Labute approximate surface area is 468 Å². The fraction of sp³-hybridized carbons (Fsp3) is 0.884. The number of ether oxygens (including phenoxy) is 1. The van der Waals surface area contributed by atoms with Crippen molar-refractivity contribution in [2.75, 3.05) is 13.2 Å². The first-order chi connectivity index (χ1) is 37.0. The highest BCUT2D eigenvalue weighted by Crippen LogP contribution is 2.18. The van der Waals surface area contributed by atoms with Gasteiger partial charge in [0.2, 0.25) is 5.91 Å². The van der Waals surface area contributed by atoms with Crippen molar-refractivity contribution in [2.24, 2.45) is 0 Å².